The van der Waals surface area contributed by atoms with Crippen LogP contribution in [0.25, 0.3) is 11.0 Å². The average molecular weight is 301 g/mol. The number of methoxy groups -OCH3 is 1. The highest BCUT2D eigenvalue weighted by Gasteiger charge is 2.13. The third kappa shape index (κ3) is 3.04. The number of aryl methyl sites for hydroxylation is 1. The van der Waals surface area contributed by atoms with E-state index in [-0.39, 0.29) is 11.6 Å². The lowest BCUT2D eigenvalue weighted by molar-refractivity contribution is 0.142. The van der Waals surface area contributed by atoms with Gasteiger partial charge in [-0.1, -0.05) is 0 Å². The Morgan fingerprint density at radius 3 is 2.85 bits per heavy atom. The molecule has 0 atom stereocenters. The fourth-order valence-electron chi connectivity index (χ4n) is 2.15. The maximum absolute atomic E-state index is 13.7. The van der Waals surface area contributed by atoms with Crippen LogP contribution in [-0.2, 0) is 17.2 Å². The smallest absolute Gasteiger partial charge is 0.167 e. The zero-order chi connectivity index (χ0) is 14.5. The number of aromatic nitrogens is 2. The summed E-state index contributed by atoms with van der Waals surface area (Å²) in [6.07, 6.45) is 0.850. The predicted molar refractivity (Wildman–Crippen MR) is 76.9 cm³/mol. The maximum atomic E-state index is 13.7. The molecule has 0 fully saturated rings. The van der Waals surface area contributed by atoms with E-state index in [0.29, 0.717) is 18.7 Å². The first kappa shape index (κ1) is 15.1. The summed E-state index contributed by atoms with van der Waals surface area (Å²) in [6, 6.07) is 3.04. The number of benzene rings is 1. The highest BCUT2D eigenvalue weighted by Crippen LogP contribution is 2.26. The Balaban J connectivity index is 2.34. The summed E-state index contributed by atoms with van der Waals surface area (Å²) in [5.41, 5.74) is 1.42. The topological polar surface area (TPSA) is 36.3 Å². The van der Waals surface area contributed by atoms with Crippen molar-refractivity contribution in [2.45, 2.75) is 25.8 Å². The van der Waals surface area contributed by atoms with Crippen molar-refractivity contribution < 1.29 is 13.9 Å². The van der Waals surface area contributed by atoms with Crippen molar-refractivity contribution in [2.24, 2.45) is 0 Å². The normalized spacial score (nSPS) is 11.2. The van der Waals surface area contributed by atoms with Gasteiger partial charge in [-0.05, 0) is 13.3 Å². The molecule has 1 heterocycles. The molecule has 1 aromatic carbocycles. The van der Waals surface area contributed by atoms with Crippen molar-refractivity contribution >= 4 is 22.6 Å². The Kier molecular flexibility index (Phi) is 5.20. The highest BCUT2D eigenvalue weighted by molar-refractivity contribution is 6.16. The summed E-state index contributed by atoms with van der Waals surface area (Å²) < 4.78 is 26.0. The molecule has 0 bridgehead atoms. The highest BCUT2D eigenvalue weighted by atomic mass is 35.5. The van der Waals surface area contributed by atoms with E-state index >= 15 is 0 Å². The van der Waals surface area contributed by atoms with Crippen LogP contribution in [-0.4, -0.2) is 29.9 Å². The van der Waals surface area contributed by atoms with Crippen LogP contribution in [0.15, 0.2) is 12.1 Å². The minimum Gasteiger partial charge on any atom is -0.494 e. The van der Waals surface area contributed by atoms with E-state index in [4.69, 9.17) is 21.1 Å². The molecule has 110 valence electrons. The minimum atomic E-state index is -0.417. The van der Waals surface area contributed by atoms with Gasteiger partial charge in [0, 0.05) is 31.9 Å². The first-order chi connectivity index (χ1) is 9.71. The number of fused-ring (bicyclic) bond motifs is 1. The molecule has 0 aliphatic carbocycles. The summed E-state index contributed by atoms with van der Waals surface area (Å²) in [4.78, 5) is 4.36. The van der Waals surface area contributed by atoms with E-state index in [1.807, 2.05) is 11.5 Å². The molecule has 2 aromatic rings. The van der Waals surface area contributed by atoms with E-state index < -0.39 is 5.82 Å². The number of hydrogen-bond donors (Lipinski definition) is 0. The maximum Gasteiger partial charge on any atom is 0.167 e. The van der Waals surface area contributed by atoms with Gasteiger partial charge in [-0.2, -0.15) is 0 Å². The van der Waals surface area contributed by atoms with Gasteiger partial charge in [0.2, 0.25) is 0 Å². The lowest BCUT2D eigenvalue weighted by Crippen LogP contribution is -2.06. The number of rotatable bonds is 7. The number of ether oxygens (including phenoxy) is 2. The molecule has 1 aromatic heterocycles. The Morgan fingerprint density at radius 2 is 2.20 bits per heavy atom. The average Bonchev–Trinajstić information content (AvgIpc) is 2.79. The van der Waals surface area contributed by atoms with E-state index in [0.717, 1.165) is 24.3 Å². The fourth-order valence-corrected chi connectivity index (χ4v) is 2.36. The van der Waals surface area contributed by atoms with Crippen molar-refractivity contribution in [1.29, 1.82) is 0 Å². The Labute approximate surface area is 122 Å². The van der Waals surface area contributed by atoms with Crippen LogP contribution in [0.2, 0.25) is 0 Å². The summed E-state index contributed by atoms with van der Waals surface area (Å²) >= 11 is 5.92. The molecule has 20 heavy (non-hydrogen) atoms. The number of halogens is 2. The van der Waals surface area contributed by atoms with Gasteiger partial charge >= 0.3 is 0 Å². The molecular weight excluding hydrogens is 283 g/mol. The summed E-state index contributed by atoms with van der Waals surface area (Å²) in [6.45, 7) is 4.07. The zero-order valence-electron chi connectivity index (χ0n) is 11.7. The molecular formula is C14H18ClFN2O2. The molecule has 0 aliphatic rings. The molecule has 0 N–H and O–H groups in total. The monoisotopic (exact) mass is 300 g/mol. The summed E-state index contributed by atoms with van der Waals surface area (Å²) in [7, 11) is 1.45. The standard InChI is InChI=1S/C14H18ClFN2O2/c1-3-20-6-4-5-18-12-8-13(19-2)10(16)7-11(12)17-14(18)9-15/h7-8H,3-6,9H2,1-2H3. The number of nitrogens with zero attached hydrogens (tertiary/aromatic N) is 2. The van der Waals surface area contributed by atoms with Crippen LogP contribution >= 0.6 is 11.6 Å². The molecule has 6 heteroatoms. The van der Waals surface area contributed by atoms with Gasteiger partial charge in [0.15, 0.2) is 11.6 Å². The van der Waals surface area contributed by atoms with Crippen LogP contribution in [0, 0.1) is 5.82 Å². The van der Waals surface area contributed by atoms with Gasteiger partial charge in [0.05, 0.1) is 24.0 Å². The van der Waals surface area contributed by atoms with Gasteiger partial charge in [-0.25, -0.2) is 9.37 Å². The van der Waals surface area contributed by atoms with Gasteiger partial charge in [-0.3, -0.25) is 0 Å². The lowest BCUT2D eigenvalue weighted by atomic mass is 10.2. The van der Waals surface area contributed by atoms with Crippen LogP contribution < -0.4 is 4.74 Å². The first-order valence-electron chi connectivity index (χ1n) is 6.57. The van der Waals surface area contributed by atoms with E-state index in [2.05, 4.69) is 4.98 Å². The second-order valence-corrected chi connectivity index (χ2v) is 4.61. The van der Waals surface area contributed by atoms with Crippen molar-refractivity contribution in [3.05, 3.63) is 23.8 Å². The molecule has 0 spiro atoms. The van der Waals surface area contributed by atoms with Gasteiger partial charge in [0.1, 0.15) is 5.82 Å². The van der Waals surface area contributed by atoms with Crippen LogP contribution in [0.5, 0.6) is 5.75 Å². The Morgan fingerprint density at radius 1 is 1.40 bits per heavy atom. The second-order valence-electron chi connectivity index (χ2n) is 4.34. The van der Waals surface area contributed by atoms with E-state index in [1.54, 1.807) is 6.07 Å². The first-order valence-corrected chi connectivity index (χ1v) is 7.11. The fraction of sp³-hybridized carbons (Fsp3) is 0.500. The van der Waals surface area contributed by atoms with Crippen molar-refractivity contribution in [3.63, 3.8) is 0 Å². The molecule has 0 saturated carbocycles. The third-order valence-electron chi connectivity index (χ3n) is 3.09. The molecule has 0 amide bonds. The van der Waals surface area contributed by atoms with Crippen molar-refractivity contribution in [3.8, 4) is 5.75 Å². The summed E-state index contributed by atoms with van der Waals surface area (Å²) in [5.74, 6) is 0.809. The van der Waals surface area contributed by atoms with E-state index in [9.17, 15) is 4.39 Å². The quantitative estimate of drug-likeness (QED) is 0.581. The number of imidazole rings is 1. The third-order valence-corrected chi connectivity index (χ3v) is 3.33. The molecule has 0 saturated heterocycles. The molecule has 0 unspecified atom stereocenters. The van der Waals surface area contributed by atoms with E-state index in [1.165, 1.54) is 13.2 Å². The van der Waals surface area contributed by atoms with Crippen LogP contribution in [0.1, 0.15) is 19.2 Å². The SMILES string of the molecule is CCOCCCn1c(CCl)nc2cc(F)c(OC)cc21. The molecule has 2 rings (SSSR count). The van der Waals surface area contributed by atoms with Gasteiger partial charge in [-0.15, -0.1) is 11.6 Å². The lowest BCUT2D eigenvalue weighted by Gasteiger charge is -2.08. The molecule has 0 radical (unpaired) electrons. The summed E-state index contributed by atoms with van der Waals surface area (Å²) in [5, 5.41) is 0. The zero-order valence-corrected chi connectivity index (χ0v) is 12.4. The van der Waals surface area contributed by atoms with Crippen LogP contribution in [0.3, 0.4) is 0 Å². The predicted octanol–water partition coefficient (Wildman–Crippen LogP) is 3.35. The second kappa shape index (κ2) is 6.90. The Hall–Kier alpha value is -1.33. The van der Waals surface area contributed by atoms with Crippen LogP contribution in [0.4, 0.5) is 4.39 Å². The minimum absolute atomic E-state index is 0.213. The van der Waals surface area contributed by atoms with Gasteiger partial charge in [0.25, 0.3) is 0 Å². The largest absolute Gasteiger partial charge is 0.494 e. The number of hydrogen-bond acceptors (Lipinski definition) is 3. The molecule has 4 nitrogen and oxygen atoms in total. The van der Waals surface area contributed by atoms with Crippen molar-refractivity contribution in [2.75, 3.05) is 20.3 Å². The van der Waals surface area contributed by atoms with Gasteiger partial charge < -0.3 is 14.0 Å². The molecule has 0 aliphatic heterocycles. The van der Waals surface area contributed by atoms with Crippen molar-refractivity contribution in [1.82, 2.24) is 9.55 Å². The number of alkyl halides is 1. The Bertz CT molecular complexity index is 586.